The standard InChI is InChI=1S/C12H12BrF3N2O2S/c13-9-3-6(5-21-9)4-17-10(19)7-1-2-8(12(14,15)16)18-11(7)20/h3,5,7-8H,1-2,4H2,(H,17,19)(H,18,20). The van der Waals surface area contributed by atoms with Gasteiger partial charge in [0.25, 0.3) is 0 Å². The summed E-state index contributed by atoms with van der Waals surface area (Å²) in [6, 6.07) is -0.0344. The number of amides is 2. The van der Waals surface area contributed by atoms with Gasteiger partial charge in [0.2, 0.25) is 11.8 Å². The van der Waals surface area contributed by atoms with Crippen molar-refractivity contribution >= 4 is 39.1 Å². The Morgan fingerprint density at radius 3 is 2.71 bits per heavy atom. The van der Waals surface area contributed by atoms with Crippen LogP contribution in [-0.4, -0.2) is 24.0 Å². The Balaban J connectivity index is 1.88. The molecule has 2 atom stereocenters. The van der Waals surface area contributed by atoms with E-state index in [0.717, 1.165) is 9.35 Å². The van der Waals surface area contributed by atoms with Crippen LogP contribution in [0, 0.1) is 5.92 Å². The predicted molar refractivity (Wildman–Crippen MR) is 74.6 cm³/mol. The molecule has 2 rings (SSSR count). The molecule has 1 aliphatic rings. The second-order valence-electron chi connectivity index (χ2n) is 4.71. The van der Waals surface area contributed by atoms with E-state index in [9.17, 15) is 22.8 Å². The number of hydrogen-bond acceptors (Lipinski definition) is 3. The van der Waals surface area contributed by atoms with Gasteiger partial charge in [-0.05, 0) is 45.8 Å². The summed E-state index contributed by atoms with van der Waals surface area (Å²) in [7, 11) is 0. The SMILES string of the molecule is O=C(NCc1csc(Br)c1)C1CCC(C(F)(F)F)NC1=O. The molecule has 21 heavy (non-hydrogen) atoms. The molecule has 0 spiro atoms. The monoisotopic (exact) mass is 384 g/mol. The van der Waals surface area contributed by atoms with Crippen LogP contribution in [0.1, 0.15) is 18.4 Å². The first-order valence-corrected chi connectivity index (χ1v) is 7.82. The Morgan fingerprint density at radius 2 is 2.19 bits per heavy atom. The lowest BCUT2D eigenvalue weighted by atomic mass is 9.93. The molecule has 1 aromatic rings. The number of thiophene rings is 1. The van der Waals surface area contributed by atoms with Crippen molar-refractivity contribution in [2.75, 3.05) is 0 Å². The van der Waals surface area contributed by atoms with Gasteiger partial charge in [-0.25, -0.2) is 0 Å². The first kappa shape index (κ1) is 16.3. The number of carbonyl (C=O) groups is 2. The molecule has 1 saturated heterocycles. The van der Waals surface area contributed by atoms with Gasteiger partial charge in [0.15, 0.2) is 0 Å². The van der Waals surface area contributed by atoms with E-state index in [4.69, 9.17) is 0 Å². The van der Waals surface area contributed by atoms with Crippen molar-refractivity contribution in [1.82, 2.24) is 10.6 Å². The van der Waals surface area contributed by atoms with Crippen LogP contribution in [0.2, 0.25) is 0 Å². The molecule has 1 aromatic heterocycles. The Bertz CT molecular complexity index is 547. The van der Waals surface area contributed by atoms with E-state index in [0.29, 0.717) is 0 Å². The van der Waals surface area contributed by atoms with Crippen LogP contribution < -0.4 is 10.6 Å². The third kappa shape index (κ3) is 4.19. The molecule has 0 saturated carbocycles. The molecule has 2 unspecified atom stereocenters. The smallest absolute Gasteiger partial charge is 0.351 e. The van der Waals surface area contributed by atoms with Gasteiger partial charge in [0.1, 0.15) is 12.0 Å². The Labute approximate surface area is 131 Å². The lowest BCUT2D eigenvalue weighted by molar-refractivity contribution is -0.171. The molecule has 4 nitrogen and oxygen atoms in total. The van der Waals surface area contributed by atoms with Gasteiger partial charge in [0, 0.05) is 6.54 Å². The molecule has 0 radical (unpaired) electrons. The number of hydrogen-bond donors (Lipinski definition) is 2. The van der Waals surface area contributed by atoms with Crippen LogP contribution in [0.5, 0.6) is 0 Å². The van der Waals surface area contributed by atoms with Crippen molar-refractivity contribution in [2.45, 2.75) is 31.6 Å². The first-order chi connectivity index (χ1) is 9.77. The third-order valence-electron chi connectivity index (χ3n) is 3.18. The molecule has 2 N–H and O–H groups in total. The van der Waals surface area contributed by atoms with Gasteiger partial charge in [0.05, 0.1) is 3.79 Å². The highest BCUT2D eigenvalue weighted by molar-refractivity contribution is 9.11. The average molecular weight is 385 g/mol. The maximum atomic E-state index is 12.5. The largest absolute Gasteiger partial charge is 0.408 e. The van der Waals surface area contributed by atoms with E-state index >= 15 is 0 Å². The van der Waals surface area contributed by atoms with E-state index in [-0.39, 0.29) is 19.4 Å². The van der Waals surface area contributed by atoms with Crippen molar-refractivity contribution in [2.24, 2.45) is 5.92 Å². The highest BCUT2D eigenvalue weighted by Gasteiger charge is 2.45. The number of nitrogens with one attached hydrogen (secondary N) is 2. The van der Waals surface area contributed by atoms with Crippen molar-refractivity contribution in [3.63, 3.8) is 0 Å². The van der Waals surface area contributed by atoms with Crippen LogP contribution >= 0.6 is 27.3 Å². The third-order valence-corrected chi connectivity index (χ3v) is 4.73. The molecule has 116 valence electrons. The fraction of sp³-hybridized carbons (Fsp3) is 0.500. The maximum Gasteiger partial charge on any atom is 0.408 e. The fourth-order valence-electron chi connectivity index (χ4n) is 2.06. The topological polar surface area (TPSA) is 58.2 Å². The van der Waals surface area contributed by atoms with Crippen LogP contribution in [0.4, 0.5) is 13.2 Å². The Kier molecular flexibility index (Phi) is 4.92. The van der Waals surface area contributed by atoms with E-state index in [1.807, 2.05) is 16.8 Å². The molecule has 0 aliphatic carbocycles. The van der Waals surface area contributed by atoms with Gasteiger partial charge < -0.3 is 10.6 Å². The lowest BCUT2D eigenvalue weighted by Gasteiger charge is -2.29. The number of rotatable bonds is 3. The number of piperidine rings is 1. The van der Waals surface area contributed by atoms with Gasteiger partial charge in [-0.2, -0.15) is 13.2 Å². The first-order valence-electron chi connectivity index (χ1n) is 6.15. The van der Waals surface area contributed by atoms with E-state index in [1.54, 1.807) is 0 Å². The molecule has 1 fully saturated rings. The molecule has 9 heteroatoms. The average Bonchev–Trinajstić information content (AvgIpc) is 2.80. The van der Waals surface area contributed by atoms with E-state index < -0.39 is 30.0 Å². The minimum atomic E-state index is -4.47. The number of halogens is 4. The minimum Gasteiger partial charge on any atom is -0.351 e. The molecular formula is C12H12BrF3N2O2S. The van der Waals surface area contributed by atoms with Crippen LogP contribution in [0.15, 0.2) is 15.2 Å². The van der Waals surface area contributed by atoms with Gasteiger partial charge in [-0.3, -0.25) is 9.59 Å². The molecular weight excluding hydrogens is 373 g/mol. The summed E-state index contributed by atoms with van der Waals surface area (Å²) in [5.74, 6) is -2.48. The van der Waals surface area contributed by atoms with E-state index in [2.05, 4.69) is 21.2 Å². The minimum absolute atomic E-state index is 0.102. The quantitative estimate of drug-likeness (QED) is 0.786. The summed E-state index contributed by atoms with van der Waals surface area (Å²) < 4.78 is 38.4. The number of carbonyl (C=O) groups excluding carboxylic acids is 2. The summed E-state index contributed by atoms with van der Waals surface area (Å²) >= 11 is 4.74. The van der Waals surface area contributed by atoms with Crippen LogP contribution in [-0.2, 0) is 16.1 Å². The zero-order valence-corrected chi connectivity index (χ0v) is 13.1. The second-order valence-corrected chi connectivity index (χ2v) is 7.00. The maximum absolute atomic E-state index is 12.5. The van der Waals surface area contributed by atoms with Gasteiger partial charge in [-0.1, -0.05) is 0 Å². The van der Waals surface area contributed by atoms with Crippen molar-refractivity contribution in [3.05, 3.63) is 20.8 Å². The lowest BCUT2D eigenvalue weighted by Crippen LogP contribution is -2.54. The normalized spacial score (nSPS) is 22.8. The Hall–Kier alpha value is -1.09. The zero-order valence-electron chi connectivity index (χ0n) is 10.7. The molecule has 2 heterocycles. The van der Waals surface area contributed by atoms with Crippen LogP contribution in [0.25, 0.3) is 0 Å². The highest BCUT2D eigenvalue weighted by Crippen LogP contribution is 2.28. The summed E-state index contributed by atoms with van der Waals surface area (Å²) in [6.45, 7) is 0.243. The Morgan fingerprint density at radius 1 is 1.48 bits per heavy atom. The van der Waals surface area contributed by atoms with Gasteiger partial charge in [-0.15, -0.1) is 11.3 Å². The van der Waals surface area contributed by atoms with Crippen molar-refractivity contribution < 1.29 is 22.8 Å². The fourth-order valence-corrected chi connectivity index (χ4v) is 3.26. The molecule has 2 amide bonds. The summed E-state index contributed by atoms with van der Waals surface area (Å²) in [5.41, 5.74) is 0.865. The molecule has 0 bridgehead atoms. The predicted octanol–water partition coefficient (Wildman–Crippen LogP) is 2.58. The zero-order chi connectivity index (χ0) is 15.6. The van der Waals surface area contributed by atoms with Crippen LogP contribution in [0.3, 0.4) is 0 Å². The van der Waals surface area contributed by atoms with Crippen molar-refractivity contribution in [1.29, 1.82) is 0 Å². The van der Waals surface area contributed by atoms with Crippen molar-refractivity contribution in [3.8, 4) is 0 Å². The summed E-state index contributed by atoms with van der Waals surface area (Å²) in [5, 5.41) is 6.27. The second kappa shape index (κ2) is 6.35. The van der Waals surface area contributed by atoms with Gasteiger partial charge >= 0.3 is 6.18 Å². The number of alkyl halides is 3. The molecule has 0 aromatic carbocycles. The summed E-state index contributed by atoms with van der Waals surface area (Å²) in [4.78, 5) is 23.5. The van der Waals surface area contributed by atoms with E-state index in [1.165, 1.54) is 11.3 Å². The highest BCUT2D eigenvalue weighted by atomic mass is 79.9. The summed E-state index contributed by atoms with van der Waals surface area (Å²) in [6.07, 6.45) is -4.85. The molecule has 1 aliphatic heterocycles.